The summed E-state index contributed by atoms with van der Waals surface area (Å²) in [5.74, 6) is 0.207. The molecule has 5 rings (SSSR count). The lowest BCUT2D eigenvalue weighted by atomic mass is 10.1. The highest BCUT2D eigenvalue weighted by molar-refractivity contribution is 9.10. The molecule has 0 aliphatic carbocycles. The van der Waals surface area contributed by atoms with Gasteiger partial charge >= 0.3 is 0 Å². The molecule has 2 N–H and O–H groups in total. The second-order valence-corrected chi connectivity index (χ2v) is 12.1. The van der Waals surface area contributed by atoms with Crippen LogP contribution in [0.1, 0.15) is 18.4 Å². The van der Waals surface area contributed by atoms with Gasteiger partial charge in [0.15, 0.2) is 5.82 Å². The van der Waals surface area contributed by atoms with Gasteiger partial charge in [-0.25, -0.2) is 17.8 Å². The average molecular weight is 575 g/mol. The van der Waals surface area contributed by atoms with Crippen LogP contribution in [-0.4, -0.2) is 52.5 Å². The van der Waals surface area contributed by atoms with Gasteiger partial charge in [0.1, 0.15) is 4.88 Å². The zero-order valence-corrected chi connectivity index (χ0v) is 21.7. The van der Waals surface area contributed by atoms with Crippen molar-refractivity contribution in [1.29, 1.82) is 0 Å². The topological polar surface area (TPSA) is 124 Å². The minimum atomic E-state index is -3.35. The molecule has 3 heterocycles. The molecule has 9 nitrogen and oxygen atoms in total. The van der Waals surface area contributed by atoms with Gasteiger partial charge in [0.05, 0.1) is 15.1 Å². The Hall–Kier alpha value is -2.80. The fourth-order valence-corrected chi connectivity index (χ4v) is 7.51. The van der Waals surface area contributed by atoms with Crippen LogP contribution in [-0.2, 0) is 20.9 Å². The number of H-pyrrole nitrogens is 1. The third kappa shape index (κ3) is 5.25. The predicted molar refractivity (Wildman–Crippen MR) is 138 cm³/mol. The number of thiophene rings is 1. The normalized spacial score (nSPS) is 15.3. The summed E-state index contributed by atoms with van der Waals surface area (Å²) in [7, 11) is -3.35. The van der Waals surface area contributed by atoms with E-state index < -0.39 is 10.0 Å². The van der Waals surface area contributed by atoms with Crippen molar-refractivity contribution >= 4 is 43.0 Å². The van der Waals surface area contributed by atoms with Crippen LogP contribution in [0.25, 0.3) is 21.1 Å². The first-order valence-electron chi connectivity index (χ1n) is 11.0. The summed E-state index contributed by atoms with van der Waals surface area (Å²) in [6.07, 6.45) is 1.43. The fourth-order valence-electron chi connectivity index (χ4n) is 4.13. The highest BCUT2D eigenvalue weighted by atomic mass is 79.9. The van der Waals surface area contributed by atoms with Crippen molar-refractivity contribution < 1.29 is 13.5 Å². The number of benzene rings is 2. The summed E-state index contributed by atoms with van der Waals surface area (Å²) in [4.78, 5) is 1.24. The van der Waals surface area contributed by atoms with E-state index in [-0.39, 0.29) is 17.5 Å². The van der Waals surface area contributed by atoms with E-state index in [1.54, 1.807) is 4.31 Å². The van der Waals surface area contributed by atoms with Crippen molar-refractivity contribution in [3.8, 4) is 26.9 Å². The van der Waals surface area contributed by atoms with Gasteiger partial charge in [0, 0.05) is 24.8 Å². The van der Waals surface area contributed by atoms with E-state index in [0.717, 1.165) is 21.7 Å². The average Bonchev–Trinajstić information content (AvgIpc) is 3.49. The molecule has 0 saturated carbocycles. The third-order valence-electron chi connectivity index (χ3n) is 5.90. The van der Waals surface area contributed by atoms with Crippen LogP contribution >= 0.6 is 27.3 Å². The molecule has 1 aliphatic heterocycles. The predicted octanol–water partition coefficient (Wildman–Crippen LogP) is 4.91. The number of aromatic nitrogens is 4. The molecule has 0 spiro atoms. The second-order valence-electron chi connectivity index (χ2n) is 8.29. The van der Waals surface area contributed by atoms with Gasteiger partial charge in [-0.2, -0.15) is 0 Å². The molecule has 0 unspecified atom stereocenters. The molecular formula is C23H22BrN6O3S2. The lowest BCUT2D eigenvalue weighted by molar-refractivity contribution is 0.329. The molecule has 4 aromatic rings. The van der Waals surface area contributed by atoms with Gasteiger partial charge < -0.3 is 5.32 Å². The van der Waals surface area contributed by atoms with Crippen molar-refractivity contribution in [2.24, 2.45) is 0 Å². The molecule has 1 radical (unpaired) electrons. The largest absolute Gasteiger partial charge is 0.382 e. The summed E-state index contributed by atoms with van der Waals surface area (Å²) < 4.78 is 27.7. The van der Waals surface area contributed by atoms with E-state index in [2.05, 4.69) is 41.9 Å². The number of hydrogen-bond donors (Lipinski definition) is 2. The number of rotatable bonds is 7. The van der Waals surface area contributed by atoms with Crippen molar-refractivity contribution in [3.63, 3.8) is 0 Å². The SMILES string of the molecule is [O]c1c(-c2nnn[nH]2)sc(-c2cccc(NC3CCN(S(=O)(=O)Cc4ccccc4)CC3)c2)c1Br. The van der Waals surface area contributed by atoms with E-state index in [0.29, 0.717) is 41.1 Å². The summed E-state index contributed by atoms with van der Waals surface area (Å²) in [5.41, 5.74) is 2.61. The summed E-state index contributed by atoms with van der Waals surface area (Å²) >= 11 is 4.75. The van der Waals surface area contributed by atoms with Crippen molar-refractivity contribution in [2.45, 2.75) is 24.6 Å². The molecule has 0 bridgehead atoms. The van der Waals surface area contributed by atoms with Crippen molar-refractivity contribution in [1.82, 2.24) is 24.9 Å². The van der Waals surface area contributed by atoms with Crippen molar-refractivity contribution in [2.75, 3.05) is 18.4 Å². The number of anilines is 1. The van der Waals surface area contributed by atoms with E-state index in [4.69, 9.17) is 0 Å². The monoisotopic (exact) mass is 573 g/mol. The number of nitrogens with zero attached hydrogens (tertiary/aromatic N) is 4. The second kappa shape index (κ2) is 10.1. The smallest absolute Gasteiger partial charge is 0.218 e. The molecule has 1 fully saturated rings. The molecule has 1 saturated heterocycles. The minimum Gasteiger partial charge on any atom is -0.382 e. The van der Waals surface area contributed by atoms with Gasteiger partial charge in [-0.05, 0) is 62.5 Å². The quantitative estimate of drug-likeness (QED) is 0.324. The van der Waals surface area contributed by atoms with Crippen LogP contribution in [0.15, 0.2) is 59.1 Å². The van der Waals surface area contributed by atoms with Crippen LogP contribution < -0.4 is 5.32 Å². The lowest BCUT2D eigenvalue weighted by Crippen LogP contribution is -2.42. The molecule has 0 atom stereocenters. The van der Waals surface area contributed by atoms with Crippen LogP contribution in [0, 0.1) is 0 Å². The summed E-state index contributed by atoms with van der Waals surface area (Å²) in [5, 5.41) is 29.8. The highest BCUT2D eigenvalue weighted by Crippen LogP contribution is 2.49. The van der Waals surface area contributed by atoms with Gasteiger partial charge in [0.2, 0.25) is 15.8 Å². The van der Waals surface area contributed by atoms with Crippen LogP contribution in [0.5, 0.6) is 5.75 Å². The Labute approximate surface area is 215 Å². The van der Waals surface area contributed by atoms with Crippen molar-refractivity contribution in [3.05, 3.63) is 64.6 Å². The maximum absolute atomic E-state index is 12.8. The van der Waals surface area contributed by atoms with Gasteiger partial charge in [-0.1, -0.05) is 42.5 Å². The Morgan fingerprint density at radius 2 is 1.86 bits per heavy atom. The lowest BCUT2D eigenvalue weighted by Gasteiger charge is -2.32. The minimum absolute atomic E-state index is 0.0253. The summed E-state index contributed by atoms with van der Waals surface area (Å²) in [6, 6.07) is 17.3. The Balaban J connectivity index is 1.25. The molecule has 1 aliphatic rings. The number of nitrogens with one attached hydrogen (secondary N) is 2. The van der Waals surface area contributed by atoms with E-state index in [1.807, 2.05) is 54.6 Å². The molecular weight excluding hydrogens is 552 g/mol. The third-order valence-corrected chi connectivity index (χ3v) is 10.0. The Kier molecular flexibility index (Phi) is 6.87. The van der Waals surface area contributed by atoms with E-state index in [9.17, 15) is 13.5 Å². The van der Waals surface area contributed by atoms with Gasteiger partial charge in [-0.3, -0.25) is 5.11 Å². The van der Waals surface area contributed by atoms with Gasteiger partial charge in [-0.15, -0.1) is 16.4 Å². The molecule has 181 valence electrons. The first-order valence-corrected chi connectivity index (χ1v) is 14.2. The Morgan fingerprint density at radius 1 is 1.09 bits per heavy atom. The van der Waals surface area contributed by atoms with Crippen LogP contribution in [0.4, 0.5) is 5.69 Å². The Bertz CT molecular complexity index is 1400. The van der Waals surface area contributed by atoms with Crippen LogP contribution in [0.2, 0.25) is 0 Å². The molecule has 0 amide bonds. The first-order chi connectivity index (χ1) is 16.9. The number of aromatic amines is 1. The number of sulfonamides is 1. The highest BCUT2D eigenvalue weighted by Gasteiger charge is 2.28. The number of piperidine rings is 1. The number of hydrogen-bond acceptors (Lipinski definition) is 7. The summed E-state index contributed by atoms with van der Waals surface area (Å²) in [6.45, 7) is 0.967. The standard InChI is InChI=1S/C23H22BrN6O3S2/c24-19-20(31)22(23-26-28-29-27-23)34-21(19)16-7-4-8-18(13-16)25-17-9-11-30(12-10-17)35(32,33)14-15-5-2-1-3-6-15/h1-8,13,17,25H,9-12,14H2,(H,26,27,28,29). The maximum atomic E-state index is 12.8. The molecule has 2 aromatic heterocycles. The van der Waals surface area contributed by atoms with Gasteiger partial charge in [0.25, 0.3) is 0 Å². The zero-order chi connectivity index (χ0) is 24.4. The van der Waals surface area contributed by atoms with Crippen LogP contribution in [0.3, 0.4) is 0 Å². The molecule has 35 heavy (non-hydrogen) atoms. The Morgan fingerprint density at radius 3 is 2.57 bits per heavy atom. The maximum Gasteiger partial charge on any atom is 0.218 e. The first kappa shape index (κ1) is 23.9. The van der Waals surface area contributed by atoms with E-state index >= 15 is 0 Å². The number of halogens is 1. The molecule has 2 aromatic carbocycles. The number of tetrazole rings is 1. The molecule has 12 heteroatoms. The van der Waals surface area contributed by atoms with E-state index in [1.165, 1.54) is 11.3 Å². The fraction of sp³-hybridized carbons (Fsp3) is 0.261. The zero-order valence-electron chi connectivity index (χ0n) is 18.5.